The molecule has 0 radical (unpaired) electrons. The first kappa shape index (κ1) is 12.2. The van der Waals surface area contributed by atoms with Crippen LogP contribution in [0.5, 0.6) is 0 Å². The molecule has 1 saturated carbocycles. The minimum absolute atomic E-state index is 0.467. The number of rotatable bonds is 4. The van der Waals surface area contributed by atoms with Crippen molar-refractivity contribution >= 4 is 5.69 Å². The van der Waals surface area contributed by atoms with Crippen LogP contribution >= 0.6 is 0 Å². The van der Waals surface area contributed by atoms with Gasteiger partial charge in [0.15, 0.2) is 0 Å². The molecule has 1 aliphatic carbocycles. The normalized spacial score (nSPS) is 22.6. The Kier molecular flexibility index (Phi) is 3.46. The second-order valence-electron chi connectivity index (χ2n) is 5.03. The molecule has 0 spiro atoms. The van der Waals surface area contributed by atoms with Crippen molar-refractivity contribution in [2.24, 2.45) is 11.7 Å². The van der Waals surface area contributed by atoms with E-state index in [1.165, 1.54) is 19.3 Å². The van der Waals surface area contributed by atoms with Gasteiger partial charge in [0.05, 0.1) is 11.4 Å². The highest BCUT2D eigenvalue weighted by Crippen LogP contribution is 2.29. The Morgan fingerprint density at radius 2 is 2.21 bits per heavy atom. The number of hydrogen-bond acceptors (Lipinski definition) is 4. The summed E-state index contributed by atoms with van der Waals surface area (Å²) in [5.74, 6) is 0.573. The van der Waals surface area contributed by atoms with Crippen LogP contribution in [0.25, 0.3) is 5.69 Å². The largest absolute Gasteiger partial charge is 0.380 e. The van der Waals surface area contributed by atoms with E-state index in [0.717, 1.165) is 17.9 Å². The summed E-state index contributed by atoms with van der Waals surface area (Å²) < 4.78 is 1.79. The molecule has 5 nitrogen and oxygen atoms in total. The van der Waals surface area contributed by atoms with E-state index in [2.05, 4.69) is 21.5 Å². The Labute approximate surface area is 112 Å². The van der Waals surface area contributed by atoms with Gasteiger partial charge in [0.25, 0.3) is 0 Å². The molecule has 3 N–H and O–H groups in total. The van der Waals surface area contributed by atoms with Crippen molar-refractivity contribution < 1.29 is 0 Å². The lowest BCUT2D eigenvalue weighted by molar-refractivity contribution is 0.516. The Morgan fingerprint density at radius 1 is 1.32 bits per heavy atom. The van der Waals surface area contributed by atoms with Gasteiger partial charge in [-0.25, -0.2) is 9.67 Å². The minimum atomic E-state index is 0.467. The van der Waals surface area contributed by atoms with E-state index in [0.29, 0.717) is 12.0 Å². The molecule has 1 aromatic carbocycles. The lowest BCUT2D eigenvalue weighted by Crippen LogP contribution is -2.29. The van der Waals surface area contributed by atoms with Crippen molar-refractivity contribution in [1.82, 2.24) is 14.8 Å². The fourth-order valence-corrected chi connectivity index (χ4v) is 2.84. The molecule has 2 aromatic rings. The summed E-state index contributed by atoms with van der Waals surface area (Å²) in [5, 5.41) is 7.83. The van der Waals surface area contributed by atoms with Crippen LogP contribution in [0.2, 0.25) is 0 Å². The molecule has 0 amide bonds. The summed E-state index contributed by atoms with van der Waals surface area (Å²) in [5.41, 5.74) is 7.97. The summed E-state index contributed by atoms with van der Waals surface area (Å²) in [4.78, 5) is 4.01. The van der Waals surface area contributed by atoms with Crippen LogP contribution in [0.4, 0.5) is 5.69 Å². The second-order valence-corrected chi connectivity index (χ2v) is 5.03. The smallest absolute Gasteiger partial charge is 0.138 e. The van der Waals surface area contributed by atoms with E-state index in [-0.39, 0.29) is 0 Å². The lowest BCUT2D eigenvalue weighted by atomic mass is 10.0. The first-order chi connectivity index (χ1) is 9.38. The van der Waals surface area contributed by atoms with E-state index in [4.69, 9.17) is 5.73 Å². The molecule has 1 fully saturated rings. The summed E-state index contributed by atoms with van der Waals surface area (Å²) >= 11 is 0. The Bertz CT molecular complexity index is 522. The number of para-hydroxylation sites is 2. The summed E-state index contributed by atoms with van der Waals surface area (Å²) in [6, 6.07) is 8.65. The fourth-order valence-electron chi connectivity index (χ4n) is 2.84. The second kappa shape index (κ2) is 5.40. The maximum atomic E-state index is 5.84. The molecule has 5 heteroatoms. The molecule has 3 rings (SSSR count). The van der Waals surface area contributed by atoms with Crippen LogP contribution in [0.1, 0.15) is 19.3 Å². The van der Waals surface area contributed by atoms with Crippen LogP contribution in [-0.2, 0) is 0 Å². The van der Waals surface area contributed by atoms with Crippen molar-refractivity contribution in [1.29, 1.82) is 0 Å². The Morgan fingerprint density at radius 3 is 3.00 bits per heavy atom. The van der Waals surface area contributed by atoms with Crippen molar-refractivity contribution in [3.63, 3.8) is 0 Å². The van der Waals surface area contributed by atoms with Crippen molar-refractivity contribution in [3.05, 3.63) is 36.9 Å². The van der Waals surface area contributed by atoms with E-state index in [1.54, 1.807) is 17.3 Å². The molecule has 19 heavy (non-hydrogen) atoms. The molecule has 0 aliphatic heterocycles. The first-order valence-corrected chi connectivity index (χ1v) is 6.79. The predicted molar refractivity (Wildman–Crippen MR) is 75.2 cm³/mol. The maximum absolute atomic E-state index is 5.84. The molecule has 0 saturated heterocycles. The Balaban J connectivity index is 1.85. The topological polar surface area (TPSA) is 68.8 Å². The number of hydrogen-bond donors (Lipinski definition) is 2. The fraction of sp³-hybridized carbons (Fsp3) is 0.429. The van der Waals surface area contributed by atoms with E-state index in [1.807, 2.05) is 18.2 Å². The van der Waals surface area contributed by atoms with Crippen molar-refractivity contribution in [2.45, 2.75) is 25.3 Å². The lowest BCUT2D eigenvalue weighted by Gasteiger charge is -2.22. The predicted octanol–water partition coefficient (Wildman–Crippen LogP) is 1.81. The molecular formula is C14H19N5. The van der Waals surface area contributed by atoms with Gasteiger partial charge >= 0.3 is 0 Å². The number of benzene rings is 1. The van der Waals surface area contributed by atoms with Gasteiger partial charge in [-0.2, -0.15) is 5.10 Å². The van der Waals surface area contributed by atoms with Gasteiger partial charge in [0.1, 0.15) is 12.7 Å². The van der Waals surface area contributed by atoms with Gasteiger partial charge in [-0.15, -0.1) is 0 Å². The highest BCUT2D eigenvalue weighted by molar-refractivity contribution is 5.61. The number of anilines is 1. The zero-order valence-electron chi connectivity index (χ0n) is 10.9. The SMILES string of the molecule is NCC1CCCC1Nc1ccccc1-n1cncn1. The zero-order chi connectivity index (χ0) is 13.1. The summed E-state index contributed by atoms with van der Waals surface area (Å²) in [6.07, 6.45) is 6.93. The average molecular weight is 257 g/mol. The van der Waals surface area contributed by atoms with Crippen LogP contribution in [0.15, 0.2) is 36.9 Å². The molecule has 1 aliphatic rings. The zero-order valence-corrected chi connectivity index (χ0v) is 10.9. The van der Waals surface area contributed by atoms with Crippen molar-refractivity contribution in [2.75, 3.05) is 11.9 Å². The highest BCUT2D eigenvalue weighted by Gasteiger charge is 2.26. The van der Waals surface area contributed by atoms with Gasteiger partial charge < -0.3 is 11.1 Å². The minimum Gasteiger partial charge on any atom is -0.380 e. The van der Waals surface area contributed by atoms with Crippen LogP contribution in [0.3, 0.4) is 0 Å². The van der Waals surface area contributed by atoms with E-state index in [9.17, 15) is 0 Å². The van der Waals surface area contributed by atoms with Gasteiger partial charge in [-0.05, 0) is 37.4 Å². The molecular weight excluding hydrogens is 238 g/mol. The average Bonchev–Trinajstić information content (AvgIpc) is 3.10. The van der Waals surface area contributed by atoms with Crippen LogP contribution < -0.4 is 11.1 Å². The molecule has 2 atom stereocenters. The molecule has 2 unspecified atom stereocenters. The van der Waals surface area contributed by atoms with E-state index < -0.39 is 0 Å². The summed E-state index contributed by atoms with van der Waals surface area (Å²) in [6.45, 7) is 0.753. The van der Waals surface area contributed by atoms with Gasteiger partial charge in [-0.3, -0.25) is 0 Å². The third kappa shape index (κ3) is 2.46. The van der Waals surface area contributed by atoms with Gasteiger partial charge in [0, 0.05) is 6.04 Å². The summed E-state index contributed by atoms with van der Waals surface area (Å²) in [7, 11) is 0. The van der Waals surface area contributed by atoms with Crippen LogP contribution in [0, 0.1) is 5.92 Å². The number of nitrogens with two attached hydrogens (primary N) is 1. The number of nitrogens with zero attached hydrogens (tertiary/aromatic N) is 3. The van der Waals surface area contributed by atoms with E-state index >= 15 is 0 Å². The quantitative estimate of drug-likeness (QED) is 0.876. The number of nitrogens with one attached hydrogen (secondary N) is 1. The van der Waals surface area contributed by atoms with Gasteiger partial charge in [-0.1, -0.05) is 18.6 Å². The monoisotopic (exact) mass is 257 g/mol. The molecule has 1 aromatic heterocycles. The molecule has 1 heterocycles. The van der Waals surface area contributed by atoms with Crippen molar-refractivity contribution in [3.8, 4) is 5.69 Å². The molecule has 100 valence electrons. The number of aromatic nitrogens is 3. The highest BCUT2D eigenvalue weighted by atomic mass is 15.3. The third-order valence-corrected chi connectivity index (χ3v) is 3.87. The first-order valence-electron chi connectivity index (χ1n) is 6.79. The third-order valence-electron chi connectivity index (χ3n) is 3.87. The molecule has 0 bridgehead atoms. The standard InChI is InChI=1S/C14H19N5/c15-8-11-4-3-6-12(11)18-13-5-1-2-7-14(13)19-10-16-9-17-19/h1-2,5,7,9-12,18H,3-4,6,8,15H2. The Hall–Kier alpha value is -1.88. The van der Waals surface area contributed by atoms with Crippen LogP contribution in [-0.4, -0.2) is 27.4 Å². The maximum Gasteiger partial charge on any atom is 0.138 e. The van der Waals surface area contributed by atoms with Gasteiger partial charge in [0.2, 0.25) is 0 Å².